The molecule has 1 aromatic heterocycles. The van der Waals surface area contributed by atoms with Gasteiger partial charge in [0, 0.05) is 23.5 Å². The van der Waals surface area contributed by atoms with Crippen LogP contribution in [0.3, 0.4) is 0 Å². The lowest BCUT2D eigenvalue weighted by Gasteiger charge is -2.09. The Morgan fingerprint density at radius 1 is 1.39 bits per heavy atom. The highest BCUT2D eigenvalue weighted by molar-refractivity contribution is 5.98. The number of rotatable bonds is 2. The molecule has 3 N–H and O–H groups in total. The van der Waals surface area contributed by atoms with E-state index in [1.54, 1.807) is 0 Å². The Kier molecular flexibility index (Phi) is 2.80. The number of fused-ring (bicyclic) bond motifs is 1. The van der Waals surface area contributed by atoms with Gasteiger partial charge in [-0.15, -0.1) is 0 Å². The van der Waals surface area contributed by atoms with Crippen molar-refractivity contribution in [1.29, 1.82) is 0 Å². The molecule has 1 aromatic carbocycles. The second-order valence-corrected chi connectivity index (χ2v) is 4.94. The van der Waals surface area contributed by atoms with Crippen LogP contribution in [0.2, 0.25) is 0 Å². The van der Waals surface area contributed by atoms with Crippen molar-refractivity contribution >= 4 is 16.8 Å². The van der Waals surface area contributed by atoms with Gasteiger partial charge in [-0.1, -0.05) is 11.6 Å². The topological polar surface area (TPSA) is 56.9 Å². The van der Waals surface area contributed by atoms with Crippen LogP contribution < -0.4 is 10.6 Å². The Bertz CT molecular complexity index is 582. The zero-order valence-corrected chi connectivity index (χ0v) is 10.4. The first-order valence-electron chi connectivity index (χ1n) is 6.33. The van der Waals surface area contributed by atoms with Gasteiger partial charge in [0.2, 0.25) is 0 Å². The fourth-order valence-corrected chi connectivity index (χ4v) is 2.42. The number of hydrogen-bond acceptors (Lipinski definition) is 2. The van der Waals surface area contributed by atoms with E-state index in [-0.39, 0.29) is 11.9 Å². The number of carbonyl (C=O) groups excluding carboxylic acids is 1. The lowest BCUT2D eigenvalue weighted by atomic mass is 10.2. The van der Waals surface area contributed by atoms with E-state index in [1.807, 2.05) is 18.2 Å². The summed E-state index contributed by atoms with van der Waals surface area (Å²) in [6, 6.07) is 8.31. The van der Waals surface area contributed by atoms with Gasteiger partial charge in [-0.2, -0.15) is 0 Å². The van der Waals surface area contributed by atoms with Crippen LogP contribution in [0.4, 0.5) is 0 Å². The Labute approximate surface area is 106 Å². The molecule has 0 aliphatic carbocycles. The maximum absolute atomic E-state index is 12.1. The normalized spacial score (nSPS) is 19.3. The summed E-state index contributed by atoms with van der Waals surface area (Å²) in [4.78, 5) is 15.2. The summed E-state index contributed by atoms with van der Waals surface area (Å²) < 4.78 is 0. The molecular weight excluding hydrogens is 226 g/mol. The first-order chi connectivity index (χ1) is 8.72. The lowest BCUT2D eigenvalue weighted by molar-refractivity contribution is 0.0936. The van der Waals surface area contributed by atoms with Crippen LogP contribution in [0.5, 0.6) is 0 Å². The van der Waals surface area contributed by atoms with Gasteiger partial charge in [-0.05, 0) is 38.1 Å². The molecule has 1 fully saturated rings. The highest BCUT2D eigenvalue weighted by Gasteiger charge is 2.18. The number of carbonyl (C=O) groups is 1. The minimum Gasteiger partial charge on any atom is -0.351 e. The maximum Gasteiger partial charge on any atom is 0.267 e. The average molecular weight is 243 g/mol. The number of H-pyrrole nitrogens is 1. The third-order valence-electron chi connectivity index (χ3n) is 3.42. The molecular formula is C14H17N3O. The predicted molar refractivity (Wildman–Crippen MR) is 71.8 cm³/mol. The van der Waals surface area contributed by atoms with Crippen molar-refractivity contribution < 1.29 is 4.79 Å². The van der Waals surface area contributed by atoms with E-state index in [0.29, 0.717) is 5.69 Å². The van der Waals surface area contributed by atoms with Crippen molar-refractivity contribution in [2.24, 2.45) is 0 Å². The van der Waals surface area contributed by atoms with E-state index < -0.39 is 0 Å². The van der Waals surface area contributed by atoms with E-state index in [2.05, 4.69) is 28.6 Å². The highest BCUT2D eigenvalue weighted by atomic mass is 16.1. The molecule has 2 aromatic rings. The molecule has 0 spiro atoms. The summed E-state index contributed by atoms with van der Waals surface area (Å²) in [5.41, 5.74) is 2.85. The van der Waals surface area contributed by atoms with Gasteiger partial charge in [-0.3, -0.25) is 4.79 Å². The summed E-state index contributed by atoms with van der Waals surface area (Å²) in [6.07, 6.45) is 1.01. The van der Waals surface area contributed by atoms with Gasteiger partial charge in [-0.25, -0.2) is 0 Å². The second kappa shape index (κ2) is 4.46. The van der Waals surface area contributed by atoms with Gasteiger partial charge < -0.3 is 15.6 Å². The Balaban J connectivity index is 1.82. The number of aromatic amines is 1. The van der Waals surface area contributed by atoms with Gasteiger partial charge in [0.15, 0.2) is 0 Å². The van der Waals surface area contributed by atoms with Crippen LogP contribution >= 0.6 is 0 Å². The van der Waals surface area contributed by atoms with Crippen LogP contribution in [-0.2, 0) is 0 Å². The summed E-state index contributed by atoms with van der Waals surface area (Å²) in [5, 5.41) is 7.36. The summed E-state index contributed by atoms with van der Waals surface area (Å²) >= 11 is 0. The summed E-state index contributed by atoms with van der Waals surface area (Å²) in [6.45, 7) is 3.90. The first kappa shape index (κ1) is 11.3. The van der Waals surface area contributed by atoms with E-state index in [4.69, 9.17) is 0 Å². The summed E-state index contributed by atoms with van der Waals surface area (Å²) in [5.74, 6) is -0.0162. The molecule has 0 bridgehead atoms. The Morgan fingerprint density at radius 3 is 3.06 bits per heavy atom. The predicted octanol–water partition coefficient (Wildman–Crippen LogP) is 1.57. The molecule has 4 nitrogen and oxygen atoms in total. The van der Waals surface area contributed by atoms with Crippen LogP contribution in [0.25, 0.3) is 10.9 Å². The number of aromatic nitrogens is 1. The van der Waals surface area contributed by atoms with Crippen molar-refractivity contribution in [3.8, 4) is 0 Å². The first-order valence-corrected chi connectivity index (χ1v) is 6.33. The monoisotopic (exact) mass is 243 g/mol. The smallest absolute Gasteiger partial charge is 0.267 e. The average Bonchev–Trinajstić information content (AvgIpc) is 2.96. The van der Waals surface area contributed by atoms with Gasteiger partial charge >= 0.3 is 0 Å². The van der Waals surface area contributed by atoms with Crippen LogP contribution in [-0.4, -0.2) is 30.0 Å². The van der Waals surface area contributed by atoms with Gasteiger partial charge in [0.1, 0.15) is 5.69 Å². The highest BCUT2D eigenvalue weighted by Crippen LogP contribution is 2.17. The van der Waals surface area contributed by atoms with Gasteiger partial charge in [0.05, 0.1) is 0 Å². The Morgan fingerprint density at radius 2 is 2.28 bits per heavy atom. The largest absolute Gasteiger partial charge is 0.351 e. The number of amides is 1. The molecule has 1 aliphatic rings. The third kappa shape index (κ3) is 2.11. The molecule has 18 heavy (non-hydrogen) atoms. The Hall–Kier alpha value is -1.81. The third-order valence-corrected chi connectivity index (χ3v) is 3.42. The lowest BCUT2D eigenvalue weighted by Crippen LogP contribution is -2.36. The van der Waals surface area contributed by atoms with Crippen molar-refractivity contribution in [3.63, 3.8) is 0 Å². The van der Waals surface area contributed by atoms with Crippen LogP contribution in [0.15, 0.2) is 24.3 Å². The number of benzene rings is 1. The number of nitrogens with one attached hydrogen (secondary N) is 3. The molecule has 0 saturated carbocycles. The van der Waals surface area contributed by atoms with Crippen molar-refractivity contribution in [2.45, 2.75) is 19.4 Å². The van der Waals surface area contributed by atoms with Crippen molar-refractivity contribution in [3.05, 3.63) is 35.5 Å². The second-order valence-electron chi connectivity index (χ2n) is 4.94. The van der Waals surface area contributed by atoms with Gasteiger partial charge in [0.25, 0.3) is 5.91 Å². The standard InChI is InChI=1S/C14H17N3O/c1-9-2-3-12-10(6-9)7-13(17-12)14(18)16-11-4-5-15-8-11/h2-3,6-7,11,15,17H,4-5,8H2,1H3,(H,16,18). The fourth-order valence-electron chi connectivity index (χ4n) is 2.42. The van der Waals surface area contributed by atoms with E-state index in [0.717, 1.165) is 30.4 Å². The summed E-state index contributed by atoms with van der Waals surface area (Å²) in [7, 11) is 0. The zero-order valence-electron chi connectivity index (χ0n) is 10.4. The molecule has 0 radical (unpaired) electrons. The van der Waals surface area contributed by atoms with E-state index >= 15 is 0 Å². The molecule has 1 unspecified atom stereocenters. The van der Waals surface area contributed by atoms with Crippen LogP contribution in [0.1, 0.15) is 22.5 Å². The quantitative estimate of drug-likeness (QED) is 0.750. The minimum absolute atomic E-state index is 0.0162. The SMILES string of the molecule is Cc1ccc2[nH]c(C(=O)NC3CCNC3)cc2c1. The zero-order chi connectivity index (χ0) is 12.5. The van der Waals surface area contributed by atoms with E-state index in [9.17, 15) is 4.79 Å². The number of aryl methyl sites for hydroxylation is 1. The molecule has 1 aliphatic heterocycles. The molecule has 94 valence electrons. The van der Waals surface area contributed by atoms with Crippen molar-refractivity contribution in [2.75, 3.05) is 13.1 Å². The minimum atomic E-state index is -0.0162. The molecule has 1 saturated heterocycles. The molecule has 3 rings (SSSR count). The number of hydrogen-bond donors (Lipinski definition) is 3. The van der Waals surface area contributed by atoms with Crippen LogP contribution in [0, 0.1) is 6.92 Å². The fraction of sp³-hybridized carbons (Fsp3) is 0.357. The van der Waals surface area contributed by atoms with E-state index in [1.165, 1.54) is 5.56 Å². The molecule has 1 atom stereocenters. The maximum atomic E-state index is 12.1. The molecule has 2 heterocycles. The van der Waals surface area contributed by atoms with Crippen molar-refractivity contribution in [1.82, 2.24) is 15.6 Å². The molecule has 4 heteroatoms. The molecule has 1 amide bonds.